The summed E-state index contributed by atoms with van der Waals surface area (Å²) >= 11 is 0. The first kappa shape index (κ1) is 25.2. The third-order valence-corrected chi connectivity index (χ3v) is 5.85. The summed E-state index contributed by atoms with van der Waals surface area (Å²) in [5.41, 5.74) is 2.97. The molecular weight excluding hydrogens is 476 g/mol. The van der Waals surface area contributed by atoms with Crippen molar-refractivity contribution in [3.8, 4) is 0 Å². The highest BCUT2D eigenvalue weighted by molar-refractivity contribution is 6.00. The molecule has 0 unspecified atom stereocenters. The fourth-order valence-electron chi connectivity index (χ4n) is 4.10. The molecule has 1 N–H and O–H groups in total. The maximum atomic E-state index is 13.4. The second kappa shape index (κ2) is 11.3. The summed E-state index contributed by atoms with van der Waals surface area (Å²) < 4.78 is 11.2. The fraction of sp³-hybridized carbons (Fsp3) is 0.185. The highest BCUT2D eigenvalue weighted by Gasteiger charge is 2.38. The van der Waals surface area contributed by atoms with Crippen molar-refractivity contribution in [2.75, 3.05) is 0 Å². The zero-order chi connectivity index (χ0) is 26.4. The van der Waals surface area contributed by atoms with Gasteiger partial charge in [0, 0.05) is 48.3 Å². The highest BCUT2D eigenvalue weighted by atomic mass is 16.6. The molecule has 1 aliphatic heterocycles. The van der Waals surface area contributed by atoms with Crippen LogP contribution < -0.4 is 5.32 Å². The molecule has 10 nitrogen and oxygen atoms in total. The molecule has 0 saturated carbocycles. The summed E-state index contributed by atoms with van der Waals surface area (Å²) in [5.74, 6) is -2.27. The number of nitro groups is 1. The van der Waals surface area contributed by atoms with Crippen LogP contribution in [0.4, 0.5) is 5.69 Å². The largest absolute Gasteiger partial charge is 0.457 e. The number of aromatic nitrogens is 2. The maximum absolute atomic E-state index is 13.4. The van der Waals surface area contributed by atoms with Crippen molar-refractivity contribution >= 4 is 17.6 Å². The van der Waals surface area contributed by atoms with Crippen LogP contribution in [-0.4, -0.2) is 26.8 Å². The number of non-ortho nitro benzene ring substituents is 1. The minimum Gasteiger partial charge on any atom is -0.457 e. The van der Waals surface area contributed by atoms with Crippen LogP contribution >= 0.6 is 0 Å². The van der Waals surface area contributed by atoms with Crippen LogP contribution in [-0.2, 0) is 32.3 Å². The number of nitro benzene ring substituents is 1. The molecule has 1 aliphatic rings. The van der Waals surface area contributed by atoms with Gasteiger partial charge in [0.1, 0.15) is 13.2 Å². The number of benzene rings is 1. The second-order valence-electron chi connectivity index (χ2n) is 8.35. The van der Waals surface area contributed by atoms with E-state index in [0.29, 0.717) is 17.0 Å². The number of hydrogen-bond donors (Lipinski definition) is 1. The van der Waals surface area contributed by atoms with Crippen molar-refractivity contribution < 1.29 is 24.0 Å². The zero-order valence-corrected chi connectivity index (χ0v) is 20.2. The smallest absolute Gasteiger partial charge is 0.337 e. The molecule has 0 fully saturated rings. The molecule has 0 amide bonds. The van der Waals surface area contributed by atoms with E-state index in [9.17, 15) is 19.7 Å². The molecule has 0 aliphatic carbocycles. The van der Waals surface area contributed by atoms with Crippen LogP contribution in [0.1, 0.15) is 36.5 Å². The van der Waals surface area contributed by atoms with E-state index in [-0.39, 0.29) is 30.0 Å². The molecular formula is C27H24N4O6. The number of nitrogens with one attached hydrogen (secondary N) is 1. The molecule has 0 bridgehead atoms. The van der Waals surface area contributed by atoms with E-state index < -0.39 is 22.8 Å². The van der Waals surface area contributed by atoms with Gasteiger partial charge in [0.2, 0.25) is 0 Å². The lowest BCUT2D eigenvalue weighted by molar-refractivity contribution is -0.384. The molecule has 4 rings (SSSR count). The Kier molecular flexibility index (Phi) is 7.68. The van der Waals surface area contributed by atoms with Crippen LogP contribution in [0.5, 0.6) is 0 Å². The third kappa shape index (κ3) is 5.87. The van der Waals surface area contributed by atoms with Crippen LogP contribution in [0.25, 0.3) is 0 Å². The van der Waals surface area contributed by atoms with E-state index >= 15 is 0 Å². The summed E-state index contributed by atoms with van der Waals surface area (Å²) in [4.78, 5) is 45.6. The summed E-state index contributed by atoms with van der Waals surface area (Å²) in [7, 11) is 0. The Balaban J connectivity index is 1.70. The predicted octanol–water partition coefficient (Wildman–Crippen LogP) is 4.11. The molecule has 0 spiro atoms. The normalized spacial score (nSPS) is 13.7. The number of dihydropyridines is 1. The van der Waals surface area contributed by atoms with Gasteiger partial charge in [-0.05, 0) is 54.8 Å². The van der Waals surface area contributed by atoms with Gasteiger partial charge in [-0.25, -0.2) is 9.59 Å². The molecule has 37 heavy (non-hydrogen) atoms. The zero-order valence-electron chi connectivity index (χ0n) is 20.2. The lowest BCUT2D eigenvalue weighted by Gasteiger charge is -2.30. The summed E-state index contributed by atoms with van der Waals surface area (Å²) in [6, 6.07) is 12.7. The summed E-state index contributed by atoms with van der Waals surface area (Å²) in [6.07, 6.45) is 6.35. The second-order valence-corrected chi connectivity index (χ2v) is 8.35. The number of esters is 2. The standard InChI is InChI=1S/C27H24N4O6/c1-17-23(26(32)36-15-19-6-10-28-11-7-19)25(21-4-3-5-22(14-21)31(34)35)24(18(2)30-17)27(33)37-16-20-8-12-29-13-9-20/h3-14,25,30H,15-16H2,1-2H3. The van der Waals surface area contributed by atoms with Crippen molar-refractivity contribution in [3.05, 3.63) is 123 Å². The lowest BCUT2D eigenvalue weighted by atomic mass is 9.80. The Morgan fingerprint density at radius 2 is 1.35 bits per heavy atom. The van der Waals surface area contributed by atoms with Crippen LogP contribution in [0.3, 0.4) is 0 Å². The van der Waals surface area contributed by atoms with Crippen LogP contribution in [0.15, 0.2) is 95.9 Å². The van der Waals surface area contributed by atoms with Crippen molar-refractivity contribution in [1.29, 1.82) is 0 Å². The number of carbonyl (C=O) groups is 2. The van der Waals surface area contributed by atoms with Gasteiger partial charge in [-0.3, -0.25) is 20.1 Å². The van der Waals surface area contributed by atoms with Gasteiger partial charge in [-0.15, -0.1) is 0 Å². The Hall–Kier alpha value is -4.86. The van der Waals surface area contributed by atoms with Crippen molar-refractivity contribution in [2.24, 2.45) is 0 Å². The van der Waals surface area contributed by atoms with Crippen LogP contribution in [0.2, 0.25) is 0 Å². The van der Waals surface area contributed by atoms with Crippen molar-refractivity contribution in [1.82, 2.24) is 15.3 Å². The molecule has 1 aromatic carbocycles. The molecule has 0 radical (unpaired) electrons. The first-order valence-electron chi connectivity index (χ1n) is 11.4. The number of carbonyl (C=O) groups excluding carboxylic acids is 2. The van der Waals surface area contributed by atoms with E-state index in [1.807, 2.05) is 0 Å². The van der Waals surface area contributed by atoms with E-state index in [0.717, 1.165) is 11.1 Å². The fourth-order valence-corrected chi connectivity index (χ4v) is 4.10. The Labute approximate surface area is 212 Å². The molecule has 0 saturated heterocycles. The Morgan fingerprint density at radius 1 is 0.865 bits per heavy atom. The molecule has 0 atom stereocenters. The Bertz CT molecular complexity index is 1310. The number of pyridine rings is 2. The van der Waals surface area contributed by atoms with Gasteiger partial charge in [0.05, 0.1) is 22.0 Å². The van der Waals surface area contributed by atoms with Gasteiger partial charge < -0.3 is 14.8 Å². The van der Waals surface area contributed by atoms with E-state index in [4.69, 9.17) is 9.47 Å². The van der Waals surface area contributed by atoms with Crippen LogP contribution in [0, 0.1) is 10.1 Å². The predicted molar refractivity (Wildman–Crippen MR) is 132 cm³/mol. The third-order valence-electron chi connectivity index (χ3n) is 5.85. The maximum Gasteiger partial charge on any atom is 0.337 e. The van der Waals surface area contributed by atoms with Gasteiger partial charge in [-0.1, -0.05) is 12.1 Å². The van der Waals surface area contributed by atoms with Gasteiger partial charge in [0.15, 0.2) is 0 Å². The quantitative estimate of drug-likeness (QED) is 0.275. The van der Waals surface area contributed by atoms with Crippen molar-refractivity contribution in [3.63, 3.8) is 0 Å². The minimum atomic E-state index is -0.948. The first-order chi connectivity index (χ1) is 17.8. The number of rotatable bonds is 8. The number of nitrogens with zero attached hydrogens (tertiary/aromatic N) is 3. The van der Waals surface area contributed by atoms with Gasteiger partial charge >= 0.3 is 11.9 Å². The summed E-state index contributed by atoms with van der Waals surface area (Å²) in [6.45, 7) is 3.36. The minimum absolute atomic E-state index is 0.00961. The van der Waals surface area contributed by atoms with Crippen molar-refractivity contribution in [2.45, 2.75) is 33.0 Å². The van der Waals surface area contributed by atoms with Gasteiger partial charge in [-0.2, -0.15) is 0 Å². The average molecular weight is 501 g/mol. The van der Waals surface area contributed by atoms with E-state index in [1.54, 1.807) is 69.0 Å². The molecule has 188 valence electrons. The van der Waals surface area contributed by atoms with E-state index in [2.05, 4.69) is 15.3 Å². The number of hydrogen-bond acceptors (Lipinski definition) is 9. The molecule has 2 aromatic heterocycles. The SMILES string of the molecule is CC1=C(C(=O)OCc2ccncc2)C(c2cccc([N+](=O)[O-])c2)C(C(=O)OCc2ccncc2)=C(C)N1. The first-order valence-corrected chi connectivity index (χ1v) is 11.4. The number of ether oxygens (including phenoxy) is 2. The monoisotopic (exact) mass is 500 g/mol. The topological polar surface area (TPSA) is 134 Å². The average Bonchev–Trinajstić information content (AvgIpc) is 2.91. The number of allylic oxidation sites excluding steroid dienone is 2. The molecule has 3 aromatic rings. The van der Waals surface area contributed by atoms with E-state index in [1.165, 1.54) is 18.2 Å². The van der Waals surface area contributed by atoms with Gasteiger partial charge in [0.25, 0.3) is 5.69 Å². The summed E-state index contributed by atoms with van der Waals surface area (Å²) in [5, 5.41) is 14.6. The molecule has 10 heteroatoms. The lowest BCUT2D eigenvalue weighted by Crippen LogP contribution is -2.32. The molecule has 3 heterocycles. The highest BCUT2D eigenvalue weighted by Crippen LogP contribution is 2.40. The Morgan fingerprint density at radius 3 is 1.81 bits per heavy atom.